The lowest BCUT2D eigenvalue weighted by Gasteiger charge is -2.18. The lowest BCUT2D eigenvalue weighted by Crippen LogP contribution is -2.35. The summed E-state index contributed by atoms with van der Waals surface area (Å²) in [7, 11) is -4.66. The van der Waals surface area contributed by atoms with Gasteiger partial charge in [-0.25, -0.2) is 8.42 Å². The molecule has 0 N–H and O–H groups in total. The molecule has 84 valence electrons. The fourth-order valence-electron chi connectivity index (χ4n) is 0.516. The minimum absolute atomic E-state index is 0.276. The van der Waals surface area contributed by atoms with E-state index in [1.807, 2.05) is 0 Å². The third kappa shape index (κ3) is 3.32. The van der Waals surface area contributed by atoms with Gasteiger partial charge >= 0.3 is 5.25 Å². The Bertz CT molecular complexity index is 319. The molecule has 6 heteroatoms. The number of rotatable bonds is 3. The average Bonchev–Trinajstić information content (AvgIpc) is 1.80. The smallest absolute Gasteiger partial charge is 0.298 e. The fraction of sp³-hybridized carbons (Fsp3) is 0.875. The fourth-order valence-corrected chi connectivity index (χ4v) is 1.55. The van der Waals surface area contributed by atoms with E-state index in [0.29, 0.717) is 0 Å². The number of ketones is 1. The molecule has 0 fully saturated rings. The van der Waals surface area contributed by atoms with Crippen LogP contribution in [0.1, 0.15) is 27.7 Å². The predicted octanol–water partition coefficient (Wildman–Crippen LogP) is 1.63. The van der Waals surface area contributed by atoms with Crippen LogP contribution in [0.3, 0.4) is 0 Å². The van der Waals surface area contributed by atoms with Gasteiger partial charge in [0.25, 0.3) is 0 Å². The summed E-state index contributed by atoms with van der Waals surface area (Å²) in [6, 6.07) is 0. The number of carbonyl (C=O) groups is 1. The van der Waals surface area contributed by atoms with Crippen molar-refractivity contribution in [1.82, 2.24) is 0 Å². The molecule has 0 saturated heterocycles. The minimum Gasteiger partial charge on any atom is -0.298 e. The maximum atomic E-state index is 12.5. The Balaban J connectivity index is 4.82. The third-order valence-corrected chi connectivity index (χ3v) is 3.44. The van der Waals surface area contributed by atoms with Crippen LogP contribution in [0.4, 0.5) is 8.78 Å². The molecule has 0 radical (unpaired) electrons. The standard InChI is InChI=1S/C8H14F2O3S/c1-7(2,3)6(11)5-14(12,13)8(4,9)10/h5H2,1-4H3. The van der Waals surface area contributed by atoms with E-state index in [9.17, 15) is 22.0 Å². The Morgan fingerprint density at radius 3 is 1.71 bits per heavy atom. The summed E-state index contributed by atoms with van der Waals surface area (Å²) in [6.45, 7) is 4.73. The first-order valence-electron chi connectivity index (χ1n) is 4.01. The minimum atomic E-state index is -4.66. The number of halogens is 2. The molecule has 0 aromatic heterocycles. The summed E-state index contributed by atoms with van der Waals surface area (Å²) in [4.78, 5) is 11.2. The Morgan fingerprint density at radius 2 is 1.50 bits per heavy atom. The Hall–Kier alpha value is -0.520. The lowest BCUT2D eigenvalue weighted by molar-refractivity contribution is -0.123. The average molecular weight is 228 g/mol. The van der Waals surface area contributed by atoms with Gasteiger partial charge < -0.3 is 0 Å². The third-order valence-electron chi connectivity index (χ3n) is 1.70. The zero-order chi connectivity index (χ0) is 11.8. The number of hydrogen-bond donors (Lipinski definition) is 0. The van der Waals surface area contributed by atoms with Crippen molar-refractivity contribution in [3.05, 3.63) is 0 Å². The summed E-state index contributed by atoms with van der Waals surface area (Å²) < 4.78 is 46.9. The molecule has 0 rings (SSSR count). The molecule has 0 bridgehead atoms. The summed E-state index contributed by atoms with van der Waals surface area (Å²) in [5.41, 5.74) is -0.918. The van der Waals surface area contributed by atoms with E-state index in [4.69, 9.17) is 0 Å². The number of alkyl halides is 2. The van der Waals surface area contributed by atoms with E-state index in [1.165, 1.54) is 20.8 Å². The molecular weight excluding hydrogens is 214 g/mol. The highest BCUT2D eigenvalue weighted by molar-refractivity contribution is 7.93. The molecule has 0 aliphatic rings. The normalized spacial score (nSPS) is 14.1. The van der Waals surface area contributed by atoms with Crippen LogP contribution in [0.5, 0.6) is 0 Å². The Morgan fingerprint density at radius 1 is 1.14 bits per heavy atom. The maximum Gasteiger partial charge on any atom is 0.343 e. The highest BCUT2D eigenvalue weighted by atomic mass is 32.2. The largest absolute Gasteiger partial charge is 0.343 e. The zero-order valence-electron chi connectivity index (χ0n) is 8.60. The van der Waals surface area contributed by atoms with E-state index in [0.717, 1.165) is 0 Å². The van der Waals surface area contributed by atoms with Crippen LogP contribution in [0.25, 0.3) is 0 Å². The molecule has 0 aromatic carbocycles. The van der Waals surface area contributed by atoms with Crippen LogP contribution in [-0.4, -0.2) is 25.2 Å². The zero-order valence-corrected chi connectivity index (χ0v) is 9.41. The van der Waals surface area contributed by atoms with Crippen molar-refractivity contribution in [2.45, 2.75) is 32.9 Å². The van der Waals surface area contributed by atoms with Gasteiger partial charge in [0.15, 0.2) is 5.78 Å². The maximum absolute atomic E-state index is 12.5. The second-order valence-corrected chi connectivity index (χ2v) is 6.48. The van der Waals surface area contributed by atoms with Crippen molar-refractivity contribution in [2.75, 3.05) is 5.75 Å². The molecule has 0 saturated carbocycles. The first-order valence-corrected chi connectivity index (χ1v) is 5.66. The van der Waals surface area contributed by atoms with E-state index in [1.54, 1.807) is 0 Å². The molecule has 0 amide bonds. The van der Waals surface area contributed by atoms with E-state index < -0.39 is 32.0 Å². The first kappa shape index (κ1) is 13.5. The molecule has 3 nitrogen and oxygen atoms in total. The number of Topliss-reactive ketones (excluding diaryl/α,β-unsaturated/α-hetero) is 1. The van der Waals surface area contributed by atoms with Crippen molar-refractivity contribution in [1.29, 1.82) is 0 Å². The van der Waals surface area contributed by atoms with Crippen LogP contribution in [0.15, 0.2) is 0 Å². The van der Waals surface area contributed by atoms with Crippen molar-refractivity contribution < 1.29 is 22.0 Å². The van der Waals surface area contributed by atoms with Crippen LogP contribution in [0.2, 0.25) is 0 Å². The predicted molar refractivity (Wildman–Crippen MR) is 48.9 cm³/mol. The van der Waals surface area contributed by atoms with Gasteiger partial charge in [-0.2, -0.15) is 8.78 Å². The van der Waals surface area contributed by atoms with Crippen LogP contribution < -0.4 is 0 Å². The van der Waals surface area contributed by atoms with Gasteiger partial charge in [0, 0.05) is 12.3 Å². The molecule has 14 heavy (non-hydrogen) atoms. The highest BCUT2D eigenvalue weighted by Gasteiger charge is 2.42. The number of carbonyl (C=O) groups excluding carboxylic acids is 1. The molecule has 0 aliphatic carbocycles. The Kier molecular flexibility index (Phi) is 3.43. The second kappa shape index (κ2) is 3.56. The van der Waals surface area contributed by atoms with E-state index in [2.05, 4.69) is 0 Å². The summed E-state index contributed by atoms with van der Waals surface area (Å²) >= 11 is 0. The van der Waals surface area contributed by atoms with Gasteiger partial charge in [0.1, 0.15) is 5.75 Å². The second-order valence-electron chi connectivity index (χ2n) is 4.24. The number of sulfone groups is 1. The topological polar surface area (TPSA) is 51.2 Å². The molecular formula is C8H14F2O3S. The van der Waals surface area contributed by atoms with Crippen LogP contribution >= 0.6 is 0 Å². The van der Waals surface area contributed by atoms with Gasteiger partial charge in [0.05, 0.1) is 0 Å². The van der Waals surface area contributed by atoms with Gasteiger partial charge in [-0.15, -0.1) is 0 Å². The lowest BCUT2D eigenvalue weighted by atomic mass is 9.92. The van der Waals surface area contributed by atoms with Gasteiger partial charge in [-0.3, -0.25) is 4.79 Å². The quantitative estimate of drug-likeness (QED) is 0.737. The Labute approximate surface area is 82.4 Å². The van der Waals surface area contributed by atoms with Gasteiger partial charge in [0.2, 0.25) is 9.84 Å². The summed E-state index contributed by atoms with van der Waals surface area (Å²) in [5, 5.41) is -3.85. The van der Waals surface area contributed by atoms with Gasteiger partial charge in [-0.1, -0.05) is 20.8 Å². The number of hydrogen-bond acceptors (Lipinski definition) is 3. The van der Waals surface area contributed by atoms with Crippen LogP contribution in [0, 0.1) is 5.41 Å². The van der Waals surface area contributed by atoms with Crippen molar-refractivity contribution >= 4 is 15.6 Å². The van der Waals surface area contributed by atoms with Gasteiger partial charge in [-0.05, 0) is 0 Å². The first-order chi connectivity index (χ1) is 5.88. The molecule has 0 aliphatic heterocycles. The molecule has 0 unspecified atom stereocenters. The highest BCUT2D eigenvalue weighted by Crippen LogP contribution is 2.24. The molecule has 0 aromatic rings. The van der Waals surface area contributed by atoms with E-state index >= 15 is 0 Å². The molecule has 0 spiro atoms. The van der Waals surface area contributed by atoms with Crippen LogP contribution in [-0.2, 0) is 14.6 Å². The monoisotopic (exact) mass is 228 g/mol. The van der Waals surface area contributed by atoms with Crippen molar-refractivity contribution in [2.24, 2.45) is 5.41 Å². The van der Waals surface area contributed by atoms with Crippen molar-refractivity contribution in [3.63, 3.8) is 0 Å². The van der Waals surface area contributed by atoms with E-state index in [-0.39, 0.29) is 6.92 Å². The molecule has 0 atom stereocenters. The molecule has 0 heterocycles. The van der Waals surface area contributed by atoms with Crippen molar-refractivity contribution in [3.8, 4) is 0 Å². The summed E-state index contributed by atoms with van der Waals surface area (Å²) in [6.07, 6.45) is 0. The summed E-state index contributed by atoms with van der Waals surface area (Å²) in [5.74, 6) is -1.82. The SMILES string of the molecule is CC(C)(C)C(=O)CS(=O)(=O)C(C)(F)F.